The molecule has 3 rings (SSSR count). The van der Waals surface area contributed by atoms with Gasteiger partial charge in [-0.2, -0.15) is 0 Å². The Morgan fingerprint density at radius 1 is 1.24 bits per heavy atom. The lowest BCUT2D eigenvalue weighted by molar-refractivity contribution is 0.227. The van der Waals surface area contributed by atoms with Crippen LogP contribution in [-0.2, 0) is 0 Å². The molecule has 2 N–H and O–H groups in total. The van der Waals surface area contributed by atoms with Crippen LogP contribution in [0.3, 0.4) is 0 Å². The van der Waals surface area contributed by atoms with Crippen LogP contribution in [0.4, 0.5) is 0 Å². The molecule has 1 aromatic rings. The van der Waals surface area contributed by atoms with Crippen LogP contribution in [0.2, 0.25) is 0 Å². The maximum absolute atomic E-state index is 4.36. The first-order valence-electron chi connectivity index (χ1n) is 7.93. The van der Waals surface area contributed by atoms with E-state index < -0.39 is 0 Å². The second-order valence-electron chi connectivity index (χ2n) is 5.67. The van der Waals surface area contributed by atoms with Crippen LogP contribution in [0.15, 0.2) is 42.7 Å². The summed E-state index contributed by atoms with van der Waals surface area (Å²) in [5.74, 6) is 0. The number of aromatic nitrogens is 1. The summed E-state index contributed by atoms with van der Waals surface area (Å²) in [6.07, 6.45) is 12.5. The molecule has 4 heteroatoms. The third kappa shape index (κ3) is 4.16. The predicted octanol–water partition coefficient (Wildman–Crippen LogP) is 1.98. The van der Waals surface area contributed by atoms with Crippen LogP contribution in [0, 0.1) is 0 Å². The van der Waals surface area contributed by atoms with Crippen molar-refractivity contribution in [1.29, 1.82) is 0 Å². The molecular weight excluding hydrogens is 260 g/mol. The smallest absolute Gasteiger partial charge is 0.0960 e. The van der Waals surface area contributed by atoms with Crippen molar-refractivity contribution in [3.05, 3.63) is 48.4 Å². The van der Waals surface area contributed by atoms with Gasteiger partial charge in [-0.15, -0.1) is 0 Å². The zero-order valence-electron chi connectivity index (χ0n) is 12.5. The molecule has 1 aromatic heterocycles. The van der Waals surface area contributed by atoms with Crippen molar-refractivity contribution in [2.24, 2.45) is 0 Å². The first kappa shape index (κ1) is 14.3. The summed E-state index contributed by atoms with van der Waals surface area (Å²) in [6, 6.07) is 5.98. The topological polar surface area (TPSA) is 40.2 Å². The van der Waals surface area contributed by atoms with E-state index in [1.165, 1.54) is 32.4 Å². The van der Waals surface area contributed by atoms with Gasteiger partial charge in [0.05, 0.1) is 11.9 Å². The quantitative estimate of drug-likeness (QED) is 0.867. The Labute approximate surface area is 126 Å². The number of pyridine rings is 1. The monoisotopic (exact) mass is 284 g/mol. The standard InChI is InChI=1S/C17H24N4/c1-4-11-21(12-5-1)13-10-19-17-8-7-15(14-20-17)16-6-2-3-9-18-16/h2-3,6-9,14,17,19-20H,1,4-5,10-13H2. The van der Waals surface area contributed by atoms with Gasteiger partial charge in [-0.05, 0) is 44.1 Å². The number of nitrogens with one attached hydrogen (secondary N) is 2. The number of allylic oxidation sites excluding steroid dienone is 2. The molecule has 2 aliphatic heterocycles. The molecule has 112 valence electrons. The molecule has 0 spiro atoms. The molecule has 0 aromatic carbocycles. The molecule has 3 heterocycles. The third-order valence-corrected chi connectivity index (χ3v) is 4.09. The molecule has 1 fully saturated rings. The highest BCUT2D eigenvalue weighted by Crippen LogP contribution is 2.14. The van der Waals surface area contributed by atoms with E-state index in [-0.39, 0.29) is 6.17 Å². The number of likely N-dealkylation sites (tertiary alicyclic amines) is 1. The maximum Gasteiger partial charge on any atom is 0.0960 e. The fourth-order valence-corrected chi connectivity index (χ4v) is 2.86. The van der Waals surface area contributed by atoms with Gasteiger partial charge in [-0.25, -0.2) is 0 Å². The molecule has 0 saturated carbocycles. The minimum Gasteiger partial charge on any atom is -0.372 e. The Bertz CT molecular complexity index is 489. The summed E-state index contributed by atoms with van der Waals surface area (Å²) in [6.45, 7) is 4.69. The molecule has 0 amide bonds. The Morgan fingerprint density at radius 2 is 2.14 bits per heavy atom. The molecule has 1 saturated heterocycles. The van der Waals surface area contributed by atoms with Gasteiger partial charge in [0.1, 0.15) is 0 Å². The first-order chi connectivity index (χ1) is 10.4. The fourth-order valence-electron chi connectivity index (χ4n) is 2.86. The Balaban J connectivity index is 1.41. The summed E-state index contributed by atoms with van der Waals surface area (Å²) < 4.78 is 0. The van der Waals surface area contributed by atoms with E-state index in [1.54, 1.807) is 0 Å². The normalized spacial score (nSPS) is 22.7. The van der Waals surface area contributed by atoms with Crippen molar-refractivity contribution in [3.8, 4) is 0 Å². The van der Waals surface area contributed by atoms with Crippen LogP contribution in [0.25, 0.3) is 5.57 Å². The van der Waals surface area contributed by atoms with Crippen LogP contribution in [0.1, 0.15) is 25.0 Å². The van der Waals surface area contributed by atoms with Crippen LogP contribution in [0.5, 0.6) is 0 Å². The molecule has 1 unspecified atom stereocenters. The first-order valence-corrected chi connectivity index (χ1v) is 7.93. The second-order valence-corrected chi connectivity index (χ2v) is 5.67. The lowest BCUT2D eigenvalue weighted by Gasteiger charge is -2.27. The third-order valence-electron chi connectivity index (χ3n) is 4.09. The number of nitrogens with zero attached hydrogens (tertiary/aromatic N) is 2. The van der Waals surface area contributed by atoms with Gasteiger partial charge in [0.15, 0.2) is 0 Å². The maximum atomic E-state index is 4.36. The molecule has 2 aliphatic rings. The molecule has 1 atom stereocenters. The van der Waals surface area contributed by atoms with Crippen LogP contribution < -0.4 is 10.6 Å². The number of hydrogen-bond acceptors (Lipinski definition) is 4. The van der Waals surface area contributed by atoms with Gasteiger partial charge in [0.2, 0.25) is 0 Å². The minimum atomic E-state index is 0.224. The number of piperidine rings is 1. The highest BCUT2D eigenvalue weighted by atomic mass is 15.2. The van der Waals surface area contributed by atoms with Gasteiger partial charge in [-0.1, -0.05) is 18.6 Å². The molecular formula is C17H24N4. The van der Waals surface area contributed by atoms with Gasteiger partial charge < -0.3 is 10.2 Å². The van der Waals surface area contributed by atoms with Crippen molar-refractivity contribution >= 4 is 5.57 Å². The van der Waals surface area contributed by atoms with Gasteiger partial charge >= 0.3 is 0 Å². The average Bonchev–Trinajstić information content (AvgIpc) is 2.57. The second kappa shape index (κ2) is 7.38. The van der Waals surface area contributed by atoms with Crippen molar-refractivity contribution in [2.75, 3.05) is 26.2 Å². The SMILES string of the molecule is C1=CC(NCCN2CCCCC2)NC=C1c1ccccn1. The molecule has 4 nitrogen and oxygen atoms in total. The highest BCUT2D eigenvalue weighted by Gasteiger charge is 2.11. The molecule has 0 radical (unpaired) electrons. The molecule has 0 aliphatic carbocycles. The van der Waals surface area contributed by atoms with Crippen molar-refractivity contribution in [2.45, 2.75) is 25.4 Å². The number of hydrogen-bond donors (Lipinski definition) is 2. The molecule has 0 bridgehead atoms. The van der Waals surface area contributed by atoms with Gasteiger partial charge in [0, 0.05) is 31.1 Å². The van der Waals surface area contributed by atoms with Crippen molar-refractivity contribution in [1.82, 2.24) is 20.5 Å². The zero-order chi connectivity index (χ0) is 14.3. The minimum absolute atomic E-state index is 0.224. The lowest BCUT2D eigenvalue weighted by Crippen LogP contribution is -2.44. The summed E-state index contributed by atoms with van der Waals surface area (Å²) in [7, 11) is 0. The van der Waals surface area contributed by atoms with E-state index in [0.29, 0.717) is 0 Å². The van der Waals surface area contributed by atoms with E-state index in [1.807, 2.05) is 30.6 Å². The zero-order valence-corrected chi connectivity index (χ0v) is 12.5. The van der Waals surface area contributed by atoms with Crippen molar-refractivity contribution < 1.29 is 0 Å². The van der Waals surface area contributed by atoms with E-state index in [0.717, 1.165) is 24.4 Å². The Kier molecular flexibility index (Phi) is 5.03. The van der Waals surface area contributed by atoms with E-state index in [2.05, 4.69) is 32.7 Å². The van der Waals surface area contributed by atoms with E-state index in [4.69, 9.17) is 0 Å². The summed E-state index contributed by atoms with van der Waals surface area (Å²) >= 11 is 0. The summed E-state index contributed by atoms with van der Waals surface area (Å²) in [5.41, 5.74) is 2.14. The summed E-state index contributed by atoms with van der Waals surface area (Å²) in [4.78, 5) is 6.92. The summed E-state index contributed by atoms with van der Waals surface area (Å²) in [5, 5.41) is 6.92. The average molecular weight is 284 g/mol. The van der Waals surface area contributed by atoms with E-state index >= 15 is 0 Å². The van der Waals surface area contributed by atoms with Crippen LogP contribution >= 0.6 is 0 Å². The number of dihydropyridines is 1. The highest BCUT2D eigenvalue weighted by molar-refractivity contribution is 5.72. The lowest BCUT2D eigenvalue weighted by atomic mass is 10.1. The largest absolute Gasteiger partial charge is 0.372 e. The number of rotatable bonds is 5. The van der Waals surface area contributed by atoms with Gasteiger partial charge in [0.25, 0.3) is 0 Å². The van der Waals surface area contributed by atoms with Gasteiger partial charge in [-0.3, -0.25) is 10.3 Å². The fraction of sp³-hybridized carbons (Fsp3) is 0.471. The molecule has 21 heavy (non-hydrogen) atoms. The van der Waals surface area contributed by atoms with Crippen LogP contribution in [-0.4, -0.2) is 42.2 Å². The predicted molar refractivity (Wildman–Crippen MR) is 86.6 cm³/mol. The Hall–Kier alpha value is -1.65. The van der Waals surface area contributed by atoms with Crippen molar-refractivity contribution in [3.63, 3.8) is 0 Å². The van der Waals surface area contributed by atoms with E-state index in [9.17, 15) is 0 Å². The Morgan fingerprint density at radius 3 is 2.86 bits per heavy atom.